The van der Waals surface area contributed by atoms with Crippen molar-refractivity contribution < 1.29 is 4.74 Å². The summed E-state index contributed by atoms with van der Waals surface area (Å²) in [4.78, 5) is 0. The first-order valence-electron chi connectivity index (χ1n) is 6.50. The van der Waals surface area contributed by atoms with E-state index in [1.165, 1.54) is 25.7 Å². The van der Waals surface area contributed by atoms with Crippen LogP contribution in [0.5, 0.6) is 0 Å². The molecule has 1 nitrogen and oxygen atoms in total. The molecule has 15 heavy (non-hydrogen) atoms. The maximum atomic E-state index is 5.97. The van der Waals surface area contributed by atoms with Crippen molar-refractivity contribution >= 4 is 0 Å². The van der Waals surface area contributed by atoms with E-state index >= 15 is 0 Å². The van der Waals surface area contributed by atoms with Crippen molar-refractivity contribution in [1.29, 1.82) is 0 Å². The van der Waals surface area contributed by atoms with Crippen LogP contribution in [0.15, 0.2) is 12.2 Å². The lowest BCUT2D eigenvalue weighted by molar-refractivity contribution is 0.0441. The molecule has 0 aromatic heterocycles. The van der Waals surface area contributed by atoms with Gasteiger partial charge in [-0.2, -0.15) is 0 Å². The lowest BCUT2D eigenvalue weighted by Crippen LogP contribution is -2.42. The fraction of sp³-hybridized carbons (Fsp3) is 0.857. The van der Waals surface area contributed by atoms with E-state index in [1.54, 1.807) is 0 Å². The smallest absolute Gasteiger partial charge is 0.0979 e. The van der Waals surface area contributed by atoms with Gasteiger partial charge >= 0.3 is 0 Å². The first kappa shape index (κ1) is 8.81. The molecular weight excluding hydrogens is 184 g/mol. The van der Waals surface area contributed by atoms with Crippen LogP contribution in [0.1, 0.15) is 39.5 Å². The summed E-state index contributed by atoms with van der Waals surface area (Å²) in [6, 6.07) is 0. The molecule has 4 rings (SSSR count). The summed E-state index contributed by atoms with van der Waals surface area (Å²) in [5.41, 5.74) is 0.969. The number of ether oxygens (including phenoxy) is 1. The first-order valence-corrected chi connectivity index (χ1v) is 6.50. The van der Waals surface area contributed by atoms with Gasteiger partial charge in [0, 0.05) is 0 Å². The summed E-state index contributed by atoms with van der Waals surface area (Å²) < 4.78 is 5.97. The Morgan fingerprint density at radius 1 is 1.27 bits per heavy atom. The average Bonchev–Trinajstić information content (AvgIpc) is 2.59. The molecule has 0 aromatic carbocycles. The van der Waals surface area contributed by atoms with Crippen molar-refractivity contribution in [3.05, 3.63) is 12.2 Å². The predicted octanol–water partition coefficient (Wildman–Crippen LogP) is 3.16. The summed E-state index contributed by atoms with van der Waals surface area (Å²) in [7, 11) is 0. The van der Waals surface area contributed by atoms with Crippen molar-refractivity contribution in [2.75, 3.05) is 0 Å². The largest absolute Gasteiger partial charge is 0.366 e. The van der Waals surface area contributed by atoms with Gasteiger partial charge in [-0.3, -0.25) is 0 Å². The Morgan fingerprint density at radius 3 is 2.80 bits per heavy atom. The van der Waals surface area contributed by atoms with E-state index in [9.17, 15) is 0 Å². The summed E-state index contributed by atoms with van der Waals surface area (Å²) in [6.07, 6.45) is 10.8. The molecule has 6 atom stereocenters. The molecule has 2 bridgehead atoms. The van der Waals surface area contributed by atoms with E-state index in [1.807, 2.05) is 0 Å². The van der Waals surface area contributed by atoms with Crippen molar-refractivity contribution in [3.8, 4) is 0 Å². The number of allylic oxidation sites excluding steroid dienone is 2. The van der Waals surface area contributed by atoms with Crippen LogP contribution in [0.3, 0.4) is 0 Å². The second-order valence-electron chi connectivity index (χ2n) is 6.48. The zero-order chi connectivity index (χ0) is 10.3. The number of fused-ring (bicyclic) bond motifs is 6. The minimum absolute atomic E-state index is 0.347. The minimum Gasteiger partial charge on any atom is -0.366 e. The lowest BCUT2D eigenvalue weighted by atomic mass is 9.59. The molecule has 4 aliphatic rings. The molecule has 1 spiro atoms. The highest BCUT2D eigenvalue weighted by Gasteiger charge is 2.73. The molecule has 0 N–H and O–H groups in total. The number of hydrogen-bond acceptors (Lipinski definition) is 1. The van der Waals surface area contributed by atoms with Crippen LogP contribution in [0, 0.1) is 23.2 Å². The summed E-state index contributed by atoms with van der Waals surface area (Å²) in [5, 5.41) is 0. The first-order chi connectivity index (χ1) is 7.17. The van der Waals surface area contributed by atoms with Crippen LogP contribution in [-0.4, -0.2) is 11.7 Å². The maximum absolute atomic E-state index is 5.97. The number of rotatable bonds is 0. The summed E-state index contributed by atoms with van der Waals surface area (Å²) in [6.45, 7) is 4.81. The van der Waals surface area contributed by atoms with E-state index < -0.39 is 0 Å². The van der Waals surface area contributed by atoms with Gasteiger partial charge in [0.05, 0.1) is 11.7 Å². The molecule has 3 fully saturated rings. The van der Waals surface area contributed by atoms with Crippen molar-refractivity contribution in [2.24, 2.45) is 23.2 Å². The van der Waals surface area contributed by atoms with Crippen LogP contribution < -0.4 is 0 Å². The molecule has 82 valence electrons. The van der Waals surface area contributed by atoms with Gasteiger partial charge < -0.3 is 4.74 Å². The quantitative estimate of drug-likeness (QED) is 0.436. The molecule has 2 saturated carbocycles. The Hall–Kier alpha value is -0.300. The van der Waals surface area contributed by atoms with Crippen LogP contribution in [0.2, 0.25) is 0 Å². The van der Waals surface area contributed by atoms with E-state index in [0.717, 1.165) is 17.8 Å². The third-order valence-corrected chi connectivity index (χ3v) is 6.14. The van der Waals surface area contributed by atoms with Crippen LogP contribution in [-0.2, 0) is 4.74 Å². The predicted molar refractivity (Wildman–Crippen MR) is 59.5 cm³/mol. The van der Waals surface area contributed by atoms with Crippen molar-refractivity contribution in [2.45, 2.75) is 51.2 Å². The van der Waals surface area contributed by atoms with Gasteiger partial charge in [0.1, 0.15) is 0 Å². The second kappa shape index (κ2) is 2.34. The van der Waals surface area contributed by atoms with Gasteiger partial charge in [0.15, 0.2) is 0 Å². The summed E-state index contributed by atoms with van der Waals surface area (Å²) >= 11 is 0. The van der Waals surface area contributed by atoms with Gasteiger partial charge in [0.2, 0.25) is 0 Å². The number of hydrogen-bond donors (Lipinski definition) is 0. The molecule has 3 aliphatic carbocycles. The van der Waals surface area contributed by atoms with Gasteiger partial charge in [-0.1, -0.05) is 19.1 Å². The van der Waals surface area contributed by atoms with Crippen LogP contribution in [0.25, 0.3) is 0 Å². The van der Waals surface area contributed by atoms with Crippen molar-refractivity contribution in [1.82, 2.24) is 0 Å². The summed E-state index contributed by atoms with van der Waals surface area (Å²) in [5.74, 6) is 2.75. The molecule has 0 aromatic rings. The Bertz CT molecular complexity index is 347. The van der Waals surface area contributed by atoms with E-state index in [2.05, 4.69) is 26.0 Å². The van der Waals surface area contributed by atoms with Gasteiger partial charge in [-0.25, -0.2) is 0 Å². The third kappa shape index (κ3) is 0.824. The highest BCUT2D eigenvalue weighted by Crippen LogP contribution is 2.72. The average molecular weight is 204 g/mol. The molecule has 1 aliphatic heterocycles. The molecule has 1 heterocycles. The normalized spacial score (nSPS) is 64.9. The maximum Gasteiger partial charge on any atom is 0.0979 e. The van der Waals surface area contributed by atoms with E-state index in [-0.39, 0.29) is 0 Å². The molecule has 6 unspecified atom stereocenters. The standard InChI is InChI=1S/C14H20O/c1-9-14(15-9)8-10-7-12(14)11-5-3-4-6-13(10,11)2/h3-4,9-12H,5-8H2,1-2H3. The Balaban J connectivity index is 1.75. The Labute approximate surface area is 91.9 Å². The fourth-order valence-electron chi connectivity index (χ4n) is 5.13. The fourth-order valence-corrected chi connectivity index (χ4v) is 5.13. The topological polar surface area (TPSA) is 12.5 Å². The molecule has 0 amide bonds. The van der Waals surface area contributed by atoms with E-state index in [4.69, 9.17) is 4.74 Å². The Kier molecular flexibility index (Phi) is 1.38. The lowest BCUT2D eigenvalue weighted by Gasteiger charge is -2.45. The van der Waals surface area contributed by atoms with Gasteiger partial charge in [0.25, 0.3) is 0 Å². The monoisotopic (exact) mass is 204 g/mol. The Morgan fingerprint density at radius 2 is 2.07 bits per heavy atom. The van der Waals surface area contributed by atoms with Crippen LogP contribution in [0.4, 0.5) is 0 Å². The minimum atomic E-state index is 0.347. The molecular formula is C14H20O. The van der Waals surface area contributed by atoms with Crippen molar-refractivity contribution in [3.63, 3.8) is 0 Å². The molecule has 1 saturated heterocycles. The number of epoxide rings is 1. The SMILES string of the molecule is CC1OC12CC1CC2C2CC=CCC12C. The zero-order valence-electron chi connectivity index (χ0n) is 9.70. The molecule has 1 heteroatoms. The van der Waals surface area contributed by atoms with Gasteiger partial charge in [-0.05, 0) is 55.8 Å². The molecule has 0 radical (unpaired) electrons. The van der Waals surface area contributed by atoms with E-state index in [0.29, 0.717) is 17.1 Å². The zero-order valence-corrected chi connectivity index (χ0v) is 9.70. The van der Waals surface area contributed by atoms with Crippen LogP contribution >= 0.6 is 0 Å². The second-order valence-corrected chi connectivity index (χ2v) is 6.48. The highest BCUT2D eigenvalue weighted by molar-refractivity contribution is 5.23. The third-order valence-electron chi connectivity index (χ3n) is 6.14. The van der Waals surface area contributed by atoms with Gasteiger partial charge in [-0.15, -0.1) is 0 Å². The highest BCUT2D eigenvalue weighted by atomic mass is 16.6.